The summed E-state index contributed by atoms with van der Waals surface area (Å²) in [5, 5.41) is 3.71. The fraction of sp³-hybridized carbons (Fsp3) is 0.760. The van der Waals surface area contributed by atoms with E-state index in [4.69, 9.17) is 0 Å². The van der Waals surface area contributed by atoms with Crippen LogP contribution in [0.2, 0.25) is 0 Å². The van der Waals surface area contributed by atoms with Gasteiger partial charge in [-0.3, -0.25) is 4.90 Å². The van der Waals surface area contributed by atoms with Gasteiger partial charge in [-0.05, 0) is 69.5 Å². The van der Waals surface area contributed by atoms with Crippen LogP contribution in [0.25, 0.3) is 0 Å². The van der Waals surface area contributed by atoms with E-state index in [0.29, 0.717) is 0 Å². The van der Waals surface area contributed by atoms with E-state index in [-0.39, 0.29) is 0 Å². The minimum atomic E-state index is 0.895. The molecule has 0 amide bonds. The molecule has 0 saturated heterocycles. The average molecular weight is 403 g/mol. The average Bonchev–Trinajstić information content (AvgIpc) is 2.77. The molecule has 1 N–H and O–H groups in total. The first-order chi connectivity index (χ1) is 13.9. The SMILES string of the molecule is c1ccc(CSCCCNCCCN(C2CCCCC2)C2CCCCC2)cc1. The summed E-state index contributed by atoms with van der Waals surface area (Å²) in [6, 6.07) is 12.6. The van der Waals surface area contributed by atoms with Crippen molar-refractivity contribution in [3.8, 4) is 0 Å². The molecule has 1 aromatic rings. The lowest BCUT2D eigenvalue weighted by Crippen LogP contribution is -2.46. The van der Waals surface area contributed by atoms with E-state index in [1.165, 1.54) is 108 Å². The zero-order valence-electron chi connectivity index (χ0n) is 17.9. The summed E-state index contributed by atoms with van der Waals surface area (Å²) in [5.74, 6) is 2.41. The van der Waals surface area contributed by atoms with Gasteiger partial charge in [-0.1, -0.05) is 68.9 Å². The maximum absolute atomic E-state index is 3.71. The highest BCUT2D eigenvalue weighted by molar-refractivity contribution is 7.98. The van der Waals surface area contributed by atoms with E-state index in [0.717, 1.165) is 17.8 Å². The minimum Gasteiger partial charge on any atom is -0.317 e. The van der Waals surface area contributed by atoms with Crippen LogP contribution in [0.5, 0.6) is 0 Å². The lowest BCUT2D eigenvalue weighted by Gasteiger charge is -2.41. The van der Waals surface area contributed by atoms with Crippen molar-refractivity contribution in [2.75, 3.05) is 25.4 Å². The van der Waals surface area contributed by atoms with E-state index < -0.39 is 0 Å². The summed E-state index contributed by atoms with van der Waals surface area (Å²) in [7, 11) is 0. The van der Waals surface area contributed by atoms with Crippen LogP contribution in [0.4, 0.5) is 0 Å². The molecule has 0 bridgehead atoms. The highest BCUT2D eigenvalue weighted by Gasteiger charge is 2.28. The van der Waals surface area contributed by atoms with E-state index >= 15 is 0 Å². The van der Waals surface area contributed by atoms with Crippen molar-refractivity contribution in [2.45, 2.75) is 94.9 Å². The predicted octanol–water partition coefficient (Wildman–Crippen LogP) is 6.26. The number of hydrogen-bond acceptors (Lipinski definition) is 3. The number of hydrogen-bond donors (Lipinski definition) is 1. The lowest BCUT2D eigenvalue weighted by molar-refractivity contribution is 0.0796. The summed E-state index contributed by atoms with van der Waals surface area (Å²) < 4.78 is 0. The number of nitrogens with one attached hydrogen (secondary N) is 1. The lowest BCUT2D eigenvalue weighted by atomic mass is 9.88. The Morgan fingerprint density at radius 1 is 0.786 bits per heavy atom. The molecule has 3 heteroatoms. The van der Waals surface area contributed by atoms with Gasteiger partial charge in [0, 0.05) is 17.8 Å². The monoisotopic (exact) mass is 402 g/mol. The second-order valence-electron chi connectivity index (χ2n) is 8.82. The third kappa shape index (κ3) is 8.08. The number of nitrogens with zero attached hydrogens (tertiary/aromatic N) is 1. The van der Waals surface area contributed by atoms with Gasteiger partial charge < -0.3 is 5.32 Å². The molecule has 2 nitrogen and oxygen atoms in total. The van der Waals surface area contributed by atoms with Crippen LogP contribution in [0, 0.1) is 0 Å². The topological polar surface area (TPSA) is 15.3 Å². The first-order valence-electron chi connectivity index (χ1n) is 12.0. The van der Waals surface area contributed by atoms with Crippen LogP contribution in [0.15, 0.2) is 30.3 Å². The van der Waals surface area contributed by atoms with Crippen LogP contribution >= 0.6 is 11.8 Å². The van der Waals surface area contributed by atoms with Crippen molar-refractivity contribution in [3.63, 3.8) is 0 Å². The van der Waals surface area contributed by atoms with Gasteiger partial charge in [0.1, 0.15) is 0 Å². The summed E-state index contributed by atoms with van der Waals surface area (Å²) in [4.78, 5) is 2.95. The molecule has 1 aromatic carbocycles. The van der Waals surface area contributed by atoms with Crippen LogP contribution in [0.1, 0.15) is 82.6 Å². The maximum atomic E-state index is 3.71. The molecule has 158 valence electrons. The second-order valence-corrected chi connectivity index (χ2v) is 9.92. The van der Waals surface area contributed by atoms with Gasteiger partial charge in [0.2, 0.25) is 0 Å². The summed E-state index contributed by atoms with van der Waals surface area (Å²) >= 11 is 2.06. The molecular formula is C25H42N2S. The van der Waals surface area contributed by atoms with Crippen LogP contribution < -0.4 is 5.32 Å². The Morgan fingerprint density at radius 3 is 2.04 bits per heavy atom. The van der Waals surface area contributed by atoms with E-state index in [1.807, 2.05) is 0 Å². The fourth-order valence-corrected chi connectivity index (χ4v) is 5.98. The zero-order valence-corrected chi connectivity index (χ0v) is 18.7. The Hall–Kier alpha value is -0.510. The Balaban J connectivity index is 1.25. The highest BCUT2D eigenvalue weighted by atomic mass is 32.2. The molecular weight excluding hydrogens is 360 g/mol. The quantitative estimate of drug-likeness (QED) is 0.416. The zero-order chi connectivity index (χ0) is 19.3. The predicted molar refractivity (Wildman–Crippen MR) is 125 cm³/mol. The second kappa shape index (κ2) is 13.7. The van der Waals surface area contributed by atoms with Gasteiger partial charge in [-0.15, -0.1) is 0 Å². The number of rotatable bonds is 12. The Morgan fingerprint density at radius 2 is 1.39 bits per heavy atom. The molecule has 0 heterocycles. The Kier molecular flexibility index (Phi) is 10.8. The number of benzene rings is 1. The third-order valence-electron chi connectivity index (χ3n) is 6.61. The van der Waals surface area contributed by atoms with E-state index in [2.05, 4.69) is 52.3 Å². The molecule has 0 radical (unpaired) electrons. The molecule has 2 aliphatic rings. The largest absolute Gasteiger partial charge is 0.317 e. The fourth-order valence-electron chi connectivity index (χ4n) is 5.06. The first kappa shape index (κ1) is 22.2. The molecule has 0 atom stereocenters. The maximum Gasteiger partial charge on any atom is 0.0184 e. The van der Waals surface area contributed by atoms with Crippen molar-refractivity contribution in [1.82, 2.24) is 10.2 Å². The highest BCUT2D eigenvalue weighted by Crippen LogP contribution is 2.30. The molecule has 0 aliphatic heterocycles. The van der Waals surface area contributed by atoms with Gasteiger partial charge in [0.05, 0.1) is 0 Å². The van der Waals surface area contributed by atoms with Crippen molar-refractivity contribution in [1.29, 1.82) is 0 Å². The molecule has 0 aromatic heterocycles. The van der Waals surface area contributed by atoms with Crippen LogP contribution in [-0.2, 0) is 5.75 Å². The molecule has 2 fully saturated rings. The van der Waals surface area contributed by atoms with Gasteiger partial charge >= 0.3 is 0 Å². The Labute approximate surface area is 178 Å². The van der Waals surface area contributed by atoms with E-state index in [9.17, 15) is 0 Å². The van der Waals surface area contributed by atoms with Crippen molar-refractivity contribution < 1.29 is 0 Å². The van der Waals surface area contributed by atoms with Crippen molar-refractivity contribution in [2.24, 2.45) is 0 Å². The summed E-state index contributed by atoms with van der Waals surface area (Å²) in [6.07, 6.45) is 17.3. The van der Waals surface area contributed by atoms with Gasteiger partial charge in [-0.25, -0.2) is 0 Å². The van der Waals surface area contributed by atoms with E-state index in [1.54, 1.807) is 0 Å². The standard InChI is InChI=1S/C25H42N2S/c1-4-12-23(13-5-1)22-28-21-11-19-26-18-10-20-27(24-14-6-2-7-15-24)25-16-8-3-9-17-25/h1,4-5,12-13,24-26H,2-3,6-11,14-22H2. The smallest absolute Gasteiger partial charge is 0.0184 e. The molecule has 2 aliphatic carbocycles. The van der Waals surface area contributed by atoms with Gasteiger partial charge in [-0.2, -0.15) is 11.8 Å². The van der Waals surface area contributed by atoms with Gasteiger partial charge in [0.25, 0.3) is 0 Å². The van der Waals surface area contributed by atoms with Crippen molar-refractivity contribution >= 4 is 11.8 Å². The molecule has 0 unspecified atom stereocenters. The first-order valence-corrected chi connectivity index (χ1v) is 13.2. The summed E-state index contributed by atoms with van der Waals surface area (Å²) in [5.41, 5.74) is 1.45. The molecule has 28 heavy (non-hydrogen) atoms. The molecule has 3 rings (SSSR count). The molecule has 2 saturated carbocycles. The van der Waals surface area contributed by atoms with Crippen LogP contribution in [0.3, 0.4) is 0 Å². The van der Waals surface area contributed by atoms with Gasteiger partial charge in [0.15, 0.2) is 0 Å². The normalized spacial score (nSPS) is 19.3. The molecule has 0 spiro atoms. The Bertz CT molecular complexity index is 477. The summed E-state index contributed by atoms with van der Waals surface area (Å²) in [6.45, 7) is 3.69. The van der Waals surface area contributed by atoms with Crippen molar-refractivity contribution in [3.05, 3.63) is 35.9 Å². The third-order valence-corrected chi connectivity index (χ3v) is 7.73. The minimum absolute atomic E-state index is 0.895. The van der Waals surface area contributed by atoms with Crippen LogP contribution in [-0.4, -0.2) is 42.4 Å². The number of thioether (sulfide) groups is 1.